The fraction of sp³-hybridized carbons (Fsp3) is 0.407. The number of fused-ring (bicyclic) bond motifs is 8. The number of nitrogens with zero attached hydrogens (tertiary/aromatic N) is 2. The minimum atomic E-state index is 0.997. The van der Waals surface area contributed by atoms with Crippen molar-refractivity contribution in [1.82, 2.24) is 19.9 Å². The molecule has 8 bridgehead atoms. The standard InChI is InChI=1S/C54H66N4/c1-11-15-29-41-33(5)51-45(39-25-21-19-22-26-39)52-35(7)43(31-17-13-3)49(57-52)38(10)50-44(32-18-14-4)36(8)54(58-50)46(40-27-23-20-24-28-40)53-34(6)42(30-16-12-2)48(56-53)37(9)47(41)55-51/h19-28,55-56H,11-18,29-32H2,1-10H3. The molecule has 0 amide bonds. The molecule has 0 aliphatic carbocycles. The van der Waals surface area contributed by atoms with Gasteiger partial charge in [0.05, 0.1) is 33.8 Å². The molecule has 5 heterocycles. The molecular formula is C54H66N4. The van der Waals surface area contributed by atoms with Crippen molar-refractivity contribution in [3.05, 3.63) is 117 Å². The van der Waals surface area contributed by atoms with Crippen LogP contribution in [0.15, 0.2) is 60.7 Å². The molecule has 4 nitrogen and oxygen atoms in total. The first-order valence-electron chi connectivity index (χ1n) is 22.5. The van der Waals surface area contributed by atoms with E-state index in [9.17, 15) is 0 Å². The van der Waals surface area contributed by atoms with E-state index in [-0.39, 0.29) is 0 Å². The topological polar surface area (TPSA) is 57.4 Å². The predicted octanol–water partition coefficient (Wildman–Crippen LogP) is 15.8. The highest BCUT2D eigenvalue weighted by Crippen LogP contribution is 2.46. The molecule has 3 aromatic heterocycles. The van der Waals surface area contributed by atoms with Gasteiger partial charge in [-0.2, -0.15) is 0 Å². The maximum atomic E-state index is 5.80. The van der Waals surface area contributed by atoms with Crippen LogP contribution in [0.1, 0.15) is 162 Å². The number of aryl methyl sites for hydroxylation is 5. The van der Waals surface area contributed by atoms with Gasteiger partial charge in [0.2, 0.25) is 0 Å². The van der Waals surface area contributed by atoms with E-state index in [0.717, 1.165) is 99.8 Å². The average Bonchev–Trinajstić information content (AvgIpc) is 3.95. The number of hydrogen-bond donors (Lipinski definition) is 2. The molecule has 5 aromatic rings. The summed E-state index contributed by atoms with van der Waals surface area (Å²) in [6, 6.07) is 22.0. The second kappa shape index (κ2) is 17.9. The SMILES string of the molecule is CCCCC1=C(C)c2nc1c(C)c1nc(c(-c3ccccc3)c3[nH]c(c(CCCC)c3C)c(C)c3[nH]c(c(C)c3CCCC)c2-c2ccccc2)C(C)=C1CCCC. The highest BCUT2D eigenvalue weighted by atomic mass is 14.8. The summed E-state index contributed by atoms with van der Waals surface area (Å²) in [6.45, 7) is 23.2. The van der Waals surface area contributed by atoms with Crippen LogP contribution in [0.25, 0.3) is 66.6 Å². The fourth-order valence-electron chi connectivity index (χ4n) is 9.58. The van der Waals surface area contributed by atoms with E-state index in [0.29, 0.717) is 0 Å². The Bertz CT molecular complexity index is 2370. The van der Waals surface area contributed by atoms with Crippen LogP contribution in [-0.2, 0) is 12.8 Å². The Morgan fingerprint density at radius 1 is 0.397 bits per heavy atom. The molecule has 0 unspecified atom stereocenters. The van der Waals surface area contributed by atoms with E-state index in [2.05, 4.69) is 140 Å². The lowest BCUT2D eigenvalue weighted by molar-refractivity contribution is 0.795. The van der Waals surface area contributed by atoms with Gasteiger partial charge in [0.25, 0.3) is 0 Å². The first kappa shape index (κ1) is 41.2. The highest BCUT2D eigenvalue weighted by molar-refractivity contribution is 6.04. The summed E-state index contributed by atoms with van der Waals surface area (Å²) in [6.07, 6.45) is 13.1. The van der Waals surface area contributed by atoms with Gasteiger partial charge in [0, 0.05) is 27.7 Å². The Balaban J connectivity index is 1.81. The summed E-state index contributed by atoms with van der Waals surface area (Å²) in [5, 5.41) is 0. The molecule has 2 N–H and O–H groups in total. The van der Waals surface area contributed by atoms with Crippen LogP contribution in [-0.4, -0.2) is 19.9 Å². The van der Waals surface area contributed by atoms with Crippen molar-refractivity contribution in [2.75, 3.05) is 0 Å². The van der Waals surface area contributed by atoms with Gasteiger partial charge in [0.15, 0.2) is 0 Å². The van der Waals surface area contributed by atoms with Gasteiger partial charge in [-0.15, -0.1) is 0 Å². The zero-order chi connectivity index (χ0) is 41.1. The third-order valence-corrected chi connectivity index (χ3v) is 13.1. The molecule has 2 aromatic carbocycles. The zero-order valence-corrected chi connectivity index (χ0v) is 37.2. The number of hydrogen-bond acceptors (Lipinski definition) is 2. The van der Waals surface area contributed by atoms with E-state index in [4.69, 9.17) is 9.97 Å². The third kappa shape index (κ3) is 7.44. The number of unbranched alkanes of at least 4 members (excludes halogenated alkanes) is 4. The fourth-order valence-corrected chi connectivity index (χ4v) is 9.58. The van der Waals surface area contributed by atoms with E-state index in [1.165, 1.54) is 100.0 Å². The Labute approximate surface area is 348 Å². The molecular weight excluding hydrogens is 705 g/mol. The van der Waals surface area contributed by atoms with Crippen molar-refractivity contribution in [3.8, 4) is 22.3 Å². The quantitative estimate of drug-likeness (QED) is 0.118. The Morgan fingerprint density at radius 2 is 0.759 bits per heavy atom. The van der Waals surface area contributed by atoms with Crippen molar-refractivity contribution >= 4 is 44.4 Å². The second-order valence-corrected chi connectivity index (χ2v) is 16.9. The van der Waals surface area contributed by atoms with E-state index >= 15 is 0 Å². The number of allylic oxidation sites excluding steroid dienone is 4. The first-order valence-corrected chi connectivity index (χ1v) is 22.5. The van der Waals surface area contributed by atoms with Crippen LogP contribution >= 0.6 is 0 Å². The van der Waals surface area contributed by atoms with Crippen molar-refractivity contribution in [2.45, 2.75) is 146 Å². The lowest BCUT2D eigenvalue weighted by Gasteiger charge is -2.10. The lowest BCUT2D eigenvalue weighted by Crippen LogP contribution is -1.95. The number of aromatic amines is 2. The van der Waals surface area contributed by atoms with Gasteiger partial charge >= 0.3 is 0 Å². The van der Waals surface area contributed by atoms with Crippen LogP contribution in [0, 0.1) is 27.7 Å². The molecule has 4 heteroatoms. The molecule has 2 aliphatic rings. The summed E-state index contributed by atoms with van der Waals surface area (Å²) in [5.74, 6) is 0. The maximum absolute atomic E-state index is 5.80. The van der Waals surface area contributed by atoms with Crippen LogP contribution in [0.2, 0.25) is 0 Å². The third-order valence-electron chi connectivity index (χ3n) is 13.1. The summed E-state index contributed by atoms with van der Waals surface area (Å²) in [7, 11) is 0. The maximum Gasteiger partial charge on any atom is 0.0769 e. The number of aromatic nitrogens is 4. The predicted molar refractivity (Wildman–Crippen MR) is 252 cm³/mol. The van der Waals surface area contributed by atoms with Gasteiger partial charge in [0.1, 0.15) is 0 Å². The van der Waals surface area contributed by atoms with E-state index < -0.39 is 0 Å². The number of nitrogens with one attached hydrogen (secondary N) is 2. The monoisotopic (exact) mass is 771 g/mol. The summed E-state index contributed by atoms with van der Waals surface area (Å²) in [4.78, 5) is 19.9. The number of rotatable bonds is 14. The Hall–Kier alpha value is -4.96. The minimum absolute atomic E-state index is 0.997. The normalized spacial score (nSPS) is 13.0. The van der Waals surface area contributed by atoms with Crippen LogP contribution in [0.3, 0.4) is 0 Å². The van der Waals surface area contributed by atoms with Crippen LogP contribution < -0.4 is 0 Å². The summed E-state index contributed by atoms with van der Waals surface area (Å²) >= 11 is 0. The molecule has 0 fully saturated rings. The average molecular weight is 771 g/mol. The molecule has 0 radical (unpaired) electrons. The highest BCUT2D eigenvalue weighted by Gasteiger charge is 2.29. The molecule has 0 saturated heterocycles. The Kier molecular flexibility index (Phi) is 12.7. The Morgan fingerprint density at radius 3 is 1.12 bits per heavy atom. The first-order chi connectivity index (χ1) is 28.2. The van der Waals surface area contributed by atoms with Crippen molar-refractivity contribution in [2.24, 2.45) is 0 Å². The number of H-pyrrole nitrogens is 2. The van der Waals surface area contributed by atoms with Gasteiger partial charge < -0.3 is 9.97 Å². The second-order valence-electron chi connectivity index (χ2n) is 16.9. The largest absolute Gasteiger partial charge is 0.354 e. The molecule has 0 spiro atoms. The van der Waals surface area contributed by atoms with Gasteiger partial charge in [-0.3, -0.25) is 0 Å². The molecule has 7 rings (SSSR count). The van der Waals surface area contributed by atoms with Crippen LogP contribution in [0.4, 0.5) is 0 Å². The van der Waals surface area contributed by atoms with Crippen molar-refractivity contribution < 1.29 is 0 Å². The van der Waals surface area contributed by atoms with E-state index in [1.54, 1.807) is 0 Å². The smallest absolute Gasteiger partial charge is 0.0769 e. The zero-order valence-electron chi connectivity index (χ0n) is 37.2. The number of benzene rings is 2. The van der Waals surface area contributed by atoms with Crippen molar-refractivity contribution in [1.29, 1.82) is 0 Å². The molecule has 0 saturated carbocycles. The lowest BCUT2D eigenvalue weighted by atomic mass is 9.92. The molecule has 2 aliphatic heterocycles. The van der Waals surface area contributed by atoms with Gasteiger partial charge in [-0.05, 0) is 154 Å². The molecule has 0 atom stereocenters. The molecule has 58 heavy (non-hydrogen) atoms. The summed E-state index contributed by atoms with van der Waals surface area (Å²) in [5.41, 5.74) is 27.4. The summed E-state index contributed by atoms with van der Waals surface area (Å²) < 4.78 is 0. The van der Waals surface area contributed by atoms with E-state index in [1.807, 2.05) is 0 Å². The van der Waals surface area contributed by atoms with Gasteiger partial charge in [-0.25, -0.2) is 9.97 Å². The van der Waals surface area contributed by atoms with Gasteiger partial charge in [-0.1, -0.05) is 114 Å². The molecule has 302 valence electrons. The van der Waals surface area contributed by atoms with Crippen LogP contribution in [0.5, 0.6) is 0 Å². The minimum Gasteiger partial charge on any atom is -0.354 e. The van der Waals surface area contributed by atoms with Crippen molar-refractivity contribution in [3.63, 3.8) is 0 Å².